The van der Waals surface area contributed by atoms with Crippen LogP contribution in [-0.4, -0.2) is 10.9 Å². The van der Waals surface area contributed by atoms with Crippen molar-refractivity contribution in [3.63, 3.8) is 0 Å². The molecule has 2 N–H and O–H groups in total. The summed E-state index contributed by atoms with van der Waals surface area (Å²) in [5, 5.41) is 6.21. The topological polar surface area (TPSA) is 54.0 Å². The molecule has 1 aromatic heterocycles. The molecule has 22 heavy (non-hydrogen) atoms. The highest BCUT2D eigenvalue weighted by Crippen LogP contribution is 2.27. The smallest absolute Gasteiger partial charge is 0.228 e. The number of aromatic nitrogens is 1. The summed E-state index contributed by atoms with van der Waals surface area (Å²) in [6, 6.07) is 10.1. The molecule has 1 aliphatic carbocycles. The molecule has 114 valence electrons. The summed E-state index contributed by atoms with van der Waals surface area (Å²) in [6.45, 7) is 4.16. The Morgan fingerprint density at radius 3 is 2.36 bits per heavy atom. The van der Waals surface area contributed by atoms with Crippen LogP contribution < -0.4 is 10.6 Å². The van der Waals surface area contributed by atoms with Gasteiger partial charge in [-0.1, -0.05) is 12.5 Å². The first-order chi connectivity index (χ1) is 10.6. The van der Waals surface area contributed by atoms with Crippen LogP contribution in [0, 0.1) is 19.8 Å². The average Bonchev–Trinajstić information content (AvgIpc) is 2.37. The third-order valence-electron chi connectivity index (χ3n) is 4.00. The number of anilines is 3. The molecule has 0 bridgehead atoms. The third kappa shape index (κ3) is 3.45. The van der Waals surface area contributed by atoms with E-state index >= 15 is 0 Å². The maximum atomic E-state index is 11.9. The van der Waals surface area contributed by atoms with Gasteiger partial charge >= 0.3 is 0 Å². The maximum absolute atomic E-state index is 11.9. The van der Waals surface area contributed by atoms with Crippen LogP contribution in [0.1, 0.15) is 30.4 Å². The van der Waals surface area contributed by atoms with E-state index in [0.29, 0.717) is 5.82 Å². The minimum atomic E-state index is 0.0915. The van der Waals surface area contributed by atoms with Crippen LogP contribution in [0.25, 0.3) is 0 Å². The molecule has 0 aliphatic heterocycles. The lowest BCUT2D eigenvalue weighted by Gasteiger charge is -2.23. The number of rotatable bonds is 4. The van der Waals surface area contributed by atoms with Crippen LogP contribution in [0.5, 0.6) is 0 Å². The molecule has 3 rings (SSSR count). The summed E-state index contributed by atoms with van der Waals surface area (Å²) in [5.74, 6) is 0.881. The van der Waals surface area contributed by atoms with E-state index in [0.717, 1.165) is 30.6 Å². The fourth-order valence-corrected chi connectivity index (χ4v) is 2.65. The molecular formula is C18H21N3O. The molecular weight excluding hydrogens is 274 g/mol. The number of pyridine rings is 1. The van der Waals surface area contributed by atoms with Crippen LogP contribution in [0.2, 0.25) is 0 Å². The van der Waals surface area contributed by atoms with Crippen LogP contribution >= 0.6 is 0 Å². The first-order valence-electron chi connectivity index (χ1n) is 7.72. The van der Waals surface area contributed by atoms with Crippen molar-refractivity contribution in [1.29, 1.82) is 0 Å². The fraction of sp³-hybridized carbons (Fsp3) is 0.333. The summed E-state index contributed by atoms with van der Waals surface area (Å²) in [7, 11) is 0. The number of aryl methyl sites for hydroxylation is 2. The van der Waals surface area contributed by atoms with Crippen LogP contribution in [0.15, 0.2) is 36.5 Å². The van der Waals surface area contributed by atoms with Gasteiger partial charge in [0.05, 0.1) is 11.9 Å². The van der Waals surface area contributed by atoms with E-state index in [2.05, 4.69) is 47.7 Å². The molecule has 1 fully saturated rings. The van der Waals surface area contributed by atoms with Crippen molar-refractivity contribution in [3.05, 3.63) is 47.7 Å². The van der Waals surface area contributed by atoms with Crippen molar-refractivity contribution in [2.45, 2.75) is 33.1 Å². The summed E-state index contributed by atoms with van der Waals surface area (Å²) in [6.07, 6.45) is 4.90. The van der Waals surface area contributed by atoms with Gasteiger partial charge < -0.3 is 10.6 Å². The van der Waals surface area contributed by atoms with E-state index in [1.54, 1.807) is 6.20 Å². The van der Waals surface area contributed by atoms with E-state index in [9.17, 15) is 4.79 Å². The number of nitrogens with one attached hydrogen (secondary N) is 2. The third-order valence-corrected chi connectivity index (χ3v) is 4.00. The van der Waals surface area contributed by atoms with Crippen molar-refractivity contribution in [2.75, 3.05) is 10.6 Å². The van der Waals surface area contributed by atoms with Crippen LogP contribution in [0.4, 0.5) is 17.2 Å². The Bertz CT molecular complexity index is 655. The lowest BCUT2D eigenvalue weighted by Crippen LogP contribution is -2.28. The van der Waals surface area contributed by atoms with E-state index < -0.39 is 0 Å². The lowest BCUT2D eigenvalue weighted by atomic mass is 9.85. The highest BCUT2D eigenvalue weighted by molar-refractivity contribution is 5.92. The normalized spacial score (nSPS) is 14.3. The lowest BCUT2D eigenvalue weighted by molar-refractivity contribution is -0.122. The minimum Gasteiger partial charge on any atom is -0.354 e. The zero-order chi connectivity index (χ0) is 15.5. The molecule has 4 heteroatoms. The first-order valence-corrected chi connectivity index (χ1v) is 7.72. The summed E-state index contributed by atoms with van der Waals surface area (Å²) in [4.78, 5) is 16.2. The Labute approximate surface area is 131 Å². The molecule has 1 aromatic carbocycles. The number of carbonyl (C=O) groups excluding carboxylic acids is 1. The quantitative estimate of drug-likeness (QED) is 0.889. The second kappa shape index (κ2) is 6.18. The summed E-state index contributed by atoms with van der Waals surface area (Å²) in [5.41, 5.74) is 4.40. The average molecular weight is 295 g/mol. The molecule has 4 nitrogen and oxygen atoms in total. The molecule has 0 atom stereocenters. The van der Waals surface area contributed by atoms with E-state index in [1.165, 1.54) is 11.1 Å². The number of hydrogen-bond acceptors (Lipinski definition) is 3. The van der Waals surface area contributed by atoms with Gasteiger partial charge in [-0.2, -0.15) is 0 Å². The van der Waals surface area contributed by atoms with Crippen molar-refractivity contribution in [3.8, 4) is 0 Å². The Morgan fingerprint density at radius 2 is 1.82 bits per heavy atom. The van der Waals surface area contributed by atoms with Gasteiger partial charge in [0, 0.05) is 11.6 Å². The van der Waals surface area contributed by atoms with Crippen molar-refractivity contribution in [2.24, 2.45) is 5.92 Å². The summed E-state index contributed by atoms with van der Waals surface area (Å²) >= 11 is 0. The SMILES string of the molecule is Cc1cc(C)cc(Nc2ccc(NC(=O)C3CCC3)nc2)c1. The molecule has 1 amide bonds. The predicted octanol–water partition coefficient (Wildman–Crippen LogP) is 4.18. The number of carbonyl (C=O) groups is 1. The maximum Gasteiger partial charge on any atom is 0.228 e. The van der Waals surface area contributed by atoms with E-state index in [1.807, 2.05) is 12.1 Å². The van der Waals surface area contributed by atoms with Gasteiger partial charge in [-0.3, -0.25) is 4.79 Å². The van der Waals surface area contributed by atoms with Gasteiger partial charge in [-0.05, 0) is 62.1 Å². The van der Waals surface area contributed by atoms with Gasteiger partial charge in [0.15, 0.2) is 0 Å². The molecule has 0 saturated heterocycles. The number of nitrogens with zero attached hydrogens (tertiary/aromatic N) is 1. The largest absolute Gasteiger partial charge is 0.354 e. The molecule has 0 spiro atoms. The first kappa shape index (κ1) is 14.6. The van der Waals surface area contributed by atoms with E-state index in [-0.39, 0.29) is 11.8 Å². The minimum absolute atomic E-state index is 0.0915. The standard InChI is InChI=1S/C18H21N3O/c1-12-8-13(2)10-16(9-12)20-15-6-7-17(19-11-15)21-18(22)14-4-3-5-14/h6-11,14,20H,3-5H2,1-2H3,(H,19,21,22). The van der Waals surface area contributed by atoms with Crippen molar-refractivity contribution in [1.82, 2.24) is 4.98 Å². The molecule has 1 heterocycles. The van der Waals surface area contributed by atoms with Crippen molar-refractivity contribution >= 4 is 23.1 Å². The van der Waals surface area contributed by atoms with Crippen LogP contribution in [0.3, 0.4) is 0 Å². The fourth-order valence-electron chi connectivity index (χ4n) is 2.65. The van der Waals surface area contributed by atoms with Gasteiger partial charge in [-0.15, -0.1) is 0 Å². The summed E-state index contributed by atoms with van der Waals surface area (Å²) < 4.78 is 0. The molecule has 2 aromatic rings. The van der Waals surface area contributed by atoms with Crippen molar-refractivity contribution < 1.29 is 4.79 Å². The Hall–Kier alpha value is -2.36. The second-order valence-corrected chi connectivity index (χ2v) is 6.05. The molecule has 0 radical (unpaired) electrons. The Balaban J connectivity index is 1.64. The Morgan fingerprint density at radius 1 is 1.09 bits per heavy atom. The number of amides is 1. The van der Waals surface area contributed by atoms with Crippen LogP contribution in [-0.2, 0) is 4.79 Å². The second-order valence-electron chi connectivity index (χ2n) is 6.05. The Kier molecular flexibility index (Phi) is 4.09. The number of benzene rings is 1. The predicted molar refractivity (Wildman–Crippen MR) is 89.4 cm³/mol. The number of hydrogen-bond donors (Lipinski definition) is 2. The highest BCUT2D eigenvalue weighted by Gasteiger charge is 2.25. The van der Waals surface area contributed by atoms with Gasteiger partial charge in [0.1, 0.15) is 5.82 Å². The van der Waals surface area contributed by atoms with Gasteiger partial charge in [-0.25, -0.2) is 4.98 Å². The molecule has 1 aliphatic rings. The van der Waals surface area contributed by atoms with Gasteiger partial charge in [0.25, 0.3) is 0 Å². The van der Waals surface area contributed by atoms with Gasteiger partial charge in [0.2, 0.25) is 5.91 Å². The monoisotopic (exact) mass is 295 g/mol. The zero-order valence-electron chi connectivity index (χ0n) is 13.0. The molecule has 0 unspecified atom stereocenters. The molecule has 1 saturated carbocycles. The van der Waals surface area contributed by atoms with E-state index in [4.69, 9.17) is 0 Å². The zero-order valence-corrected chi connectivity index (χ0v) is 13.0. The highest BCUT2D eigenvalue weighted by atomic mass is 16.2.